The number of halogens is 1. The molecule has 2 rings (SSSR count). The average Bonchev–Trinajstić information content (AvgIpc) is 2.58. The van der Waals surface area contributed by atoms with Gasteiger partial charge >= 0.3 is 5.97 Å². The highest BCUT2D eigenvalue weighted by molar-refractivity contribution is 9.10. The van der Waals surface area contributed by atoms with Gasteiger partial charge in [0.05, 0.1) is 5.52 Å². The first-order valence-corrected chi connectivity index (χ1v) is 5.84. The summed E-state index contributed by atoms with van der Waals surface area (Å²) in [5.74, 6) is -0.892. The summed E-state index contributed by atoms with van der Waals surface area (Å²) in [7, 11) is 0. The van der Waals surface area contributed by atoms with E-state index in [1.807, 2.05) is 36.6 Å². The molecule has 0 spiro atoms. The van der Waals surface area contributed by atoms with Gasteiger partial charge in [0, 0.05) is 15.9 Å². The van der Waals surface area contributed by atoms with E-state index in [0.717, 1.165) is 15.4 Å². The quantitative estimate of drug-likeness (QED) is 0.912. The Labute approximate surface area is 102 Å². The minimum atomic E-state index is -0.892. The Morgan fingerprint density at radius 1 is 1.44 bits per heavy atom. The van der Waals surface area contributed by atoms with Gasteiger partial charge in [0.2, 0.25) is 0 Å². The van der Waals surface area contributed by atoms with Crippen molar-refractivity contribution < 1.29 is 9.90 Å². The van der Waals surface area contributed by atoms with Crippen LogP contribution in [0.15, 0.2) is 28.7 Å². The number of nitrogens with zero attached hydrogens (tertiary/aromatic N) is 1. The van der Waals surface area contributed by atoms with Gasteiger partial charge in [-0.1, -0.05) is 12.1 Å². The molecule has 84 valence electrons. The number of hydrogen-bond acceptors (Lipinski definition) is 1. The third kappa shape index (κ3) is 1.63. The number of hydrogen-bond donors (Lipinski definition) is 1. The molecule has 1 N–H and O–H groups in total. The van der Waals surface area contributed by atoms with E-state index in [1.165, 1.54) is 0 Å². The zero-order valence-corrected chi connectivity index (χ0v) is 10.7. The van der Waals surface area contributed by atoms with Gasteiger partial charge in [0.15, 0.2) is 0 Å². The zero-order chi connectivity index (χ0) is 11.9. The summed E-state index contributed by atoms with van der Waals surface area (Å²) in [6.45, 7) is 3.96. The fraction of sp³-hybridized carbons (Fsp3) is 0.250. The van der Waals surface area contributed by atoms with Crippen LogP contribution in [0.25, 0.3) is 10.9 Å². The van der Waals surface area contributed by atoms with Crippen LogP contribution in [0.1, 0.15) is 30.4 Å². The molecule has 16 heavy (non-hydrogen) atoms. The molecule has 0 radical (unpaired) electrons. The molecule has 0 unspecified atom stereocenters. The zero-order valence-electron chi connectivity index (χ0n) is 9.07. The molecular formula is C12H12BrNO2. The second kappa shape index (κ2) is 3.94. The molecule has 0 aliphatic carbocycles. The Morgan fingerprint density at radius 2 is 2.12 bits per heavy atom. The first kappa shape index (κ1) is 11.2. The van der Waals surface area contributed by atoms with Crippen molar-refractivity contribution in [2.24, 2.45) is 0 Å². The minimum Gasteiger partial charge on any atom is -0.477 e. The Hall–Kier alpha value is -1.29. The Morgan fingerprint density at radius 3 is 2.69 bits per heavy atom. The van der Waals surface area contributed by atoms with Crippen LogP contribution >= 0.6 is 15.9 Å². The third-order valence-electron chi connectivity index (χ3n) is 2.55. The van der Waals surface area contributed by atoms with Crippen LogP contribution in [0.5, 0.6) is 0 Å². The van der Waals surface area contributed by atoms with Crippen molar-refractivity contribution in [2.45, 2.75) is 19.9 Å². The van der Waals surface area contributed by atoms with Crippen LogP contribution in [0.4, 0.5) is 0 Å². The lowest BCUT2D eigenvalue weighted by atomic mass is 10.2. The lowest BCUT2D eigenvalue weighted by Crippen LogP contribution is -2.10. The summed E-state index contributed by atoms with van der Waals surface area (Å²) in [5, 5.41) is 10.1. The predicted molar refractivity (Wildman–Crippen MR) is 67.0 cm³/mol. The van der Waals surface area contributed by atoms with Crippen molar-refractivity contribution in [2.75, 3.05) is 0 Å². The maximum atomic E-state index is 11.2. The molecule has 0 atom stereocenters. The Balaban J connectivity index is 2.88. The molecule has 3 nitrogen and oxygen atoms in total. The van der Waals surface area contributed by atoms with Gasteiger partial charge in [0.25, 0.3) is 0 Å². The maximum absolute atomic E-state index is 11.2. The van der Waals surface area contributed by atoms with E-state index in [-0.39, 0.29) is 6.04 Å². The van der Waals surface area contributed by atoms with Crippen molar-refractivity contribution >= 4 is 32.8 Å². The van der Waals surface area contributed by atoms with Gasteiger partial charge in [-0.15, -0.1) is 0 Å². The Bertz CT molecular complexity index is 557. The van der Waals surface area contributed by atoms with E-state index in [0.29, 0.717) is 5.69 Å². The number of fused-ring (bicyclic) bond motifs is 1. The van der Waals surface area contributed by atoms with Crippen molar-refractivity contribution in [1.82, 2.24) is 4.57 Å². The molecule has 1 aromatic carbocycles. The van der Waals surface area contributed by atoms with E-state index < -0.39 is 5.97 Å². The van der Waals surface area contributed by atoms with Crippen LogP contribution < -0.4 is 0 Å². The SMILES string of the molecule is CC(C)n1c(C(=O)O)cc2cccc(Br)c21. The first-order chi connectivity index (χ1) is 7.52. The summed E-state index contributed by atoms with van der Waals surface area (Å²) in [6.07, 6.45) is 0. The number of para-hydroxylation sites is 1. The number of rotatable bonds is 2. The monoisotopic (exact) mass is 281 g/mol. The van der Waals surface area contributed by atoms with Crippen molar-refractivity contribution in [1.29, 1.82) is 0 Å². The van der Waals surface area contributed by atoms with Crippen molar-refractivity contribution in [3.63, 3.8) is 0 Å². The summed E-state index contributed by atoms with van der Waals surface area (Å²) in [5.41, 5.74) is 1.27. The van der Waals surface area contributed by atoms with E-state index >= 15 is 0 Å². The predicted octanol–water partition coefficient (Wildman–Crippen LogP) is 3.68. The fourth-order valence-electron chi connectivity index (χ4n) is 1.94. The molecule has 0 saturated carbocycles. The van der Waals surface area contributed by atoms with Gasteiger partial charge < -0.3 is 9.67 Å². The molecule has 1 aromatic heterocycles. The molecule has 4 heteroatoms. The summed E-state index contributed by atoms with van der Waals surface area (Å²) in [4.78, 5) is 11.2. The van der Waals surface area contributed by atoms with E-state index in [9.17, 15) is 9.90 Å². The van der Waals surface area contributed by atoms with Crippen LogP contribution in [-0.4, -0.2) is 15.6 Å². The molecular weight excluding hydrogens is 270 g/mol. The van der Waals surface area contributed by atoms with Crippen molar-refractivity contribution in [3.8, 4) is 0 Å². The average molecular weight is 282 g/mol. The number of aromatic carboxylic acids is 1. The molecule has 0 saturated heterocycles. The highest BCUT2D eigenvalue weighted by Gasteiger charge is 2.17. The number of carbonyl (C=O) groups is 1. The Kier molecular flexibility index (Phi) is 2.76. The number of carboxylic acids is 1. The minimum absolute atomic E-state index is 0.113. The molecule has 0 amide bonds. The van der Waals surface area contributed by atoms with Crippen LogP contribution in [0.2, 0.25) is 0 Å². The standard InChI is InChI=1S/C12H12BrNO2/c1-7(2)14-10(12(15)16)6-8-4-3-5-9(13)11(8)14/h3-7H,1-2H3,(H,15,16). The van der Waals surface area contributed by atoms with Crippen LogP contribution in [-0.2, 0) is 0 Å². The fourth-order valence-corrected chi connectivity index (χ4v) is 2.51. The summed E-state index contributed by atoms with van der Waals surface area (Å²) in [6, 6.07) is 7.57. The highest BCUT2D eigenvalue weighted by Crippen LogP contribution is 2.30. The van der Waals surface area contributed by atoms with Gasteiger partial charge in [-0.05, 0) is 41.9 Å². The molecule has 0 aliphatic rings. The highest BCUT2D eigenvalue weighted by atomic mass is 79.9. The number of aromatic nitrogens is 1. The van der Waals surface area contributed by atoms with Gasteiger partial charge in [-0.25, -0.2) is 4.79 Å². The molecule has 0 fully saturated rings. The number of benzene rings is 1. The van der Waals surface area contributed by atoms with E-state index in [4.69, 9.17) is 0 Å². The van der Waals surface area contributed by atoms with Gasteiger partial charge in [0.1, 0.15) is 5.69 Å². The van der Waals surface area contributed by atoms with Crippen molar-refractivity contribution in [3.05, 3.63) is 34.4 Å². The lowest BCUT2D eigenvalue weighted by molar-refractivity contribution is 0.0684. The molecule has 2 aromatic rings. The molecule has 0 bridgehead atoms. The van der Waals surface area contributed by atoms with E-state index in [2.05, 4.69) is 15.9 Å². The second-order valence-corrected chi connectivity index (χ2v) is 4.83. The normalized spacial score (nSPS) is 11.2. The molecule has 0 aliphatic heterocycles. The smallest absolute Gasteiger partial charge is 0.352 e. The van der Waals surface area contributed by atoms with Crippen LogP contribution in [0, 0.1) is 0 Å². The van der Waals surface area contributed by atoms with Crippen LogP contribution in [0.3, 0.4) is 0 Å². The van der Waals surface area contributed by atoms with Gasteiger partial charge in [-0.2, -0.15) is 0 Å². The van der Waals surface area contributed by atoms with Gasteiger partial charge in [-0.3, -0.25) is 0 Å². The summed E-state index contributed by atoms with van der Waals surface area (Å²) >= 11 is 3.46. The second-order valence-electron chi connectivity index (χ2n) is 3.98. The first-order valence-electron chi connectivity index (χ1n) is 5.05. The lowest BCUT2D eigenvalue weighted by Gasteiger charge is -2.13. The largest absolute Gasteiger partial charge is 0.477 e. The number of carboxylic acid groups (broad SMARTS) is 1. The third-order valence-corrected chi connectivity index (χ3v) is 3.19. The maximum Gasteiger partial charge on any atom is 0.352 e. The summed E-state index contributed by atoms with van der Waals surface area (Å²) < 4.78 is 2.76. The topological polar surface area (TPSA) is 42.2 Å². The molecule has 1 heterocycles. The van der Waals surface area contributed by atoms with E-state index in [1.54, 1.807) is 6.07 Å².